The maximum atomic E-state index is 12.4. The van der Waals surface area contributed by atoms with E-state index in [1.54, 1.807) is 0 Å². The Balaban J connectivity index is 2.29. The Labute approximate surface area is 109 Å². The second kappa shape index (κ2) is 4.81. The minimum absolute atomic E-state index is 0.173. The largest absolute Gasteiger partial charge is 0.417 e. The van der Waals surface area contributed by atoms with E-state index in [9.17, 15) is 26.3 Å². The summed E-state index contributed by atoms with van der Waals surface area (Å²) in [6.07, 6.45) is -8.30. The number of alkyl halides is 6. The number of hydrogen-bond acceptors (Lipinski definition) is 1. The first-order chi connectivity index (χ1) is 9.18. The van der Waals surface area contributed by atoms with Crippen LogP contribution in [0.5, 0.6) is 0 Å². The van der Waals surface area contributed by atoms with Crippen molar-refractivity contribution >= 4 is 0 Å². The fourth-order valence-corrected chi connectivity index (χ4v) is 1.56. The Morgan fingerprint density at radius 2 is 1.15 bits per heavy atom. The molecule has 0 aliphatic heterocycles. The van der Waals surface area contributed by atoms with Gasteiger partial charge in [-0.05, 0) is 24.3 Å². The van der Waals surface area contributed by atoms with Crippen LogP contribution >= 0.6 is 0 Å². The van der Waals surface area contributed by atoms with Crippen molar-refractivity contribution in [3.63, 3.8) is 0 Å². The first-order valence-electron chi connectivity index (χ1n) is 5.39. The SMILES string of the molecule is FC(F)(F)c1ccc(-c2ccc(C(F)(F)F)cn2)cc1. The van der Waals surface area contributed by atoms with Crippen LogP contribution in [0.2, 0.25) is 0 Å². The smallest absolute Gasteiger partial charge is 0.256 e. The van der Waals surface area contributed by atoms with E-state index in [1.807, 2.05) is 0 Å². The summed E-state index contributed by atoms with van der Waals surface area (Å²) in [6.45, 7) is 0. The van der Waals surface area contributed by atoms with Gasteiger partial charge in [0.25, 0.3) is 0 Å². The van der Waals surface area contributed by atoms with Crippen molar-refractivity contribution < 1.29 is 26.3 Å². The summed E-state index contributed by atoms with van der Waals surface area (Å²) in [6, 6.07) is 5.99. The van der Waals surface area contributed by atoms with Gasteiger partial charge in [-0.3, -0.25) is 4.98 Å². The van der Waals surface area contributed by atoms with Crippen LogP contribution in [0.1, 0.15) is 11.1 Å². The number of aromatic nitrogens is 1. The van der Waals surface area contributed by atoms with E-state index in [0.717, 1.165) is 24.3 Å². The van der Waals surface area contributed by atoms with Gasteiger partial charge in [0.15, 0.2) is 0 Å². The van der Waals surface area contributed by atoms with Crippen molar-refractivity contribution in [1.82, 2.24) is 4.98 Å². The van der Waals surface area contributed by atoms with Gasteiger partial charge in [-0.1, -0.05) is 12.1 Å². The van der Waals surface area contributed by atoms with Crippen LogP contribution in [-0.2, 0) is 12.4 Å². The Bertz CT molecular complexity index is 525. The second-order valence-electron chi connectivity index (χ2n) is 4.00. The quantitative estimate of drug-likeness (QED) is 0.689. The molecule has 0 saturated heterocycles. The zero-order valence-electron chi connectivity index (χ0n) is 9.76. The molecule has 2 aromatic rings. The molecule has 1 aromatic heterocycles. The van der Waals surface area contributed by atoms with Crippen molar-refractivity contribution in [2.24, 2.45) is 0 Å². The van der Waals surface area contributed by atoms with Crippen molar-refractivity contribution in [1.29, 1.82) is 0 Å². The molecule has 0 spiro atoms. The summed E-state index contributed by atoms with van der Waals surface area (Å²) < 4.78 is 74.1. The third-order valence-electron chi connectivity index (χ3n) is 2.60. The maximum absolute atomic E-state index is 12.4. The highest BCUT2D eigenvalue weighted by atomic mass is 19.4. The van der Waals surface area contributed by atoms with Crippen LogP contribution in [-0.4, -0.2) is 4.98 Å². The lowest BCUT2D eigenvalue weighted by atomic mass is 10.1. The molecule has 0 atom stereocenters. The highest BCUT2D eigenvalue weighted by Gasteiger charge is 2.31. The monoisotopic (exact) mass is 291 g/mol. The van der Waals surface area contributed by atoms with E-state index in [2.05, 4.69) is 4.98 Å². The lowest BCUT2D eigenvalue weighted by Gasteiger charge is -2.09. The van der Waals surface area contributed by atoms with Crippen molar-refractivity contribution in [3.8, 4) is 11.3 Å². The van der Waals surface area contributed by atoms with Crippen molar-refractivity contribution in [2.45, 2.75) is 12.4 Å². The summed E-state index contributed by atoms with van der Waals surface area (Å²) in [5, 5.41) is 0. The average Bonchev–Trinajstić information content (AvgIpc) is 2.37. The molecule has 1 heterocycles. The molecule has 2 rings (SSSR count). The fourth-order valence-electron chi connectivity index (χ4n) is 1.56. The van der Waals surface area contributed by atoms with E-state index in [0.29, 0.717) is 11.8 Å². The zero-order valence-corrected chi connectivity index (χ0v) is 9.76. The number of pyridine rings is 1. The van der Waals surface area contributed by atoms with Crippen LogP contribution in [0.4, 0.5) is 26.3 Å². The molecule has 0 N–H and O–H groups in total. The Morgan fingerprint density at radius 1 is 0.650 bits per heavy atom. The van der Waals surface area contributed by atoms with Gasteiger partial charge in [-0.2, -0.15) is 26.3 Å². The average molecular weight is 291 g/mol. The molecule has 0 amide bonds. The molecule has 0 aliphatic rings. The van der Waals surface area contributed by atoms with Crippen LogP contribution in [0.15, 0.2) is 42.6 Å². The van der Waals surface area contributed by atoms with Crippen molar-refractivity contribution in [3.05, 3.63) is 53.7 Å². The summed E-state index contributed by atoms with van der Waals surface area (Å²) in [5.41, 5.74) is -1.25. The second-order valence-corrected chi connectivity index (χ2v) is 4.00. The lowest BCUT2D eigenvalue weighted by Crippen LogP contribution is -2.05. The van der Waals surface area contributed by atoms with Crippen LogP contribution < -0.4 is 0 Å². The van der Waals surface area contributed by atoms with E-state index in [-0.39, 0.29) is 5.69 Å². The van der Waals surface area contributed by atoms with Crippen LogP contribution in [0.25, 0.3) is 11.3 Å². The molecule has 0 bridgehead atoms. The summed E-state index contributed by atoms with van der Waals surface area (Å²) in [4.78, 5) is 3.61. The molecule has 0 aliphatic carbocycles. The standard InChI is InChI=1S/C13H7F6N/c14-12(15,16)9-3-1-8(2-4-9)11-6-5-10(7-20-11)13(17,18)19/h1-7H. The maximum Gasteiger partial charge on any atom is 0.417 e. The minimum atomic E-state index is -4.49. The van der Waals surface area contributed by atoms with Crippen LogP contribution in [0, 0.1) is 0 Å². The van der Waals surface area contributed by atoms with E-state index >= 15 is 0 Å². The molecule has 7 heteroatoms. The Morgan fingerprint density at radius 3 is 1.55 bits per heavy atom. The molecule has 1 aromatic carbocycles. The van der Waals surface area contributed by atoms with Gasteiger partial charge in [-0.25, -0.2) is 0 Å². The van der Waals surface area contributed by atoms with Crippen LogP contribution in [0.3, 0.4) is 0 Å². The number of halogens is 6. The van der Waals surface area contributed by atoms with E-state index < -0.39 is 23.5 Å². The summed E-state index contributed by atoms with van der Waals surface area (Å²) >= 11 is 0. The first-order valence-corrected chi connectivity index (χ1v) is 5.39. The highest BCUT2D eigenvalue weighted by molar-refractivity contribution is 5.59. The van der Waals surface area contributed by atoms with Gasteiger partial charge >= 0.3 is 12.4 Å². The first kappa shape index (κ1) is 14.4. The predicted molar refractivity (Wildman–Crippen MR) is 59.7 cm³/mol. The van der Waals surface area contributed by atoms with Gasteiger partial charge in [0, 0.05) is 11.8 Å². The number of benzene rings is 1. The molecule has 20 heavy (non-hydrogen) atoms. The zero-order chi connectivity index (χ0) is 15.0. The third kappa shape index (κ3) is 3.09. The van der Waals surface area contributed by atoms with Crippen molar-refractivity contribution in [2.75, 3.05) is 0 Å². The lowest BCUT2D eigenvalue weighted by molar-refractivity contribution is -0.138. The predicted octanol–water partition coefficient (Wildman–Crippen LogP) is 4.79. The topological polar surface area (TPSA) is 12.9 Å². The molecule has 1 nitrogen and oxygen atoms in total. The summed E-state index contributed by atoms with van der Waals surface area (Å²) in [7, 11) is 0. The van der Waals surface area contributed by atoms with E-state index in [1.165, 1.54) is 12.1 Å². The molecule has 0 radical (unpaired) electrons. The third-order valence-corrected chi connectivity index (χ3v) is 2.60. The molecular weight excluding hydrogens is 284 g/mol. The van der Waals surface area contributed by atoms with Gasteiger partial charge in [0.2, 0.25) is 0 Å². The van der Waals surface area contributed by atoms with Gasteiger partial charge in [0.1, 0.15) is 0 Å². The molecule has 0 unspecified atom stereocenters. The minimum Gasteiger partial charge on any atom is -0.256 e. The number of hydrogen-bond donors (Lipinski definition) is 0. The normalized spacial score (nSPS) is 12.5. The Hall–Kier alpha value is -2.05. The Kier molecular flexibility index (Phi) is 3.45. The van der Waals surface area contributed by atoms with Gasteiger partial charge < -0.3 is 0 Å². The molecule has 0 saturated carbocycles. The summed E-state index contributed by atoms with van der Waals surface area (Å²) in [5.74, 6) is 0. The number of nitrogens with zero attached hydrogens (tertiary/aromatic N) is 1. The molecule has 106 valence electrons. The van der Waals surface area contributed by atoms with E-state index in [4.69, 9.17) is 0 Å². The molecule has 0 fully saturated rings. The fraction of sp³-hybridized carbons (Fsp3) is 0.154. The molecular formula is C13H7F6N. The highest BCUT2D eigenvalue weighted by Crippen LogP contribution is 2.32. The number of rotatable bonds is 1. The van der Waals surface area contributed by atoms with Gasteiger partial charge in [0.05, 0.1) is 16.8 Å². The van der Waals surface area contributed by atoms with Gasteiger partial charge in [-0.15, -0.1) is 0 Å².